The van der Waals surface area contributed by atoms with E-state index in [2.05, 4.69) is 18.9 Å². The molecule has 0 N–H and O–H groups in total. The maximum atomic E-state index is 12.1. The van der Waals surface area contributed by atoms with Crippen LogP contribution in [0.1, 0.15) is 6.92 Å². The van der Waals surface area contributed by atoms with Gasteiger partial charge in [0.1, 0.15) is 5.75 Å². The SMILES string of the molecule is CC1CN(C)CCN1C(=O)COc1ccccc1. The van der Waals surface area contributed by atoms with Crippen LogP contribution in [0.4, 0.5) is 0 Å². The van der Waals surface area contributed by atoms with Crippen LogP contribution in [0.15, 0.2) is 30.3 Å². The molecule has 1 fully saturated rings. The average Bonchev–Trinajstić information content (AvgIpc) is 2.37. The first-order valence-corrected chi connectivity index (χ1v) is 6.32. The van der Waals surface area contributed by atoms with E-state index >= 15 is 0 Å². The van der Waals surface area contributed by atoms with Crippen LogP contribution in [0, 0.1) is 0 Å². The predicted molar refractivity (Wildman–Crippen MR) is 70.6 cm³/mol. The second-order valence-electron chi connectivity index (χ2n) is 4.80. The number of amides is 1. The van der Waals surface area contributed by atoms with Crippen molar-refractivity contribution in [1.29, 1.82) is 0 Å². The van der Waals surface area contributed by atoms with Crippen molar-refractivity contribution in [3.8, 4) is 5.75 Å². The van der Waals surface area contributed by atoms with Crippen molar-refractivity contribution in [2.45, 2.75) is 13.0 Å². The highest BCUT2D eigenvalue weighted by molar-refractivity contribution is 5.78. The van der Waals surface area contributed by atoms with Gasteiger partial charge in [0.2, 0.25) is 0 Å². The number of piperazine rings is 1. The van der Waals surface area contributed by atoms with Crippen LogP contribution in [0.3, 0.4) is 0 Å². The van der Waals surface area contributed by atoms with Crippen LogP contribution in [0.5, 0.6) is 5.75 Å². The first kappa shape index (κ1) is 12.9. The van der Waals surface area contributed by atoms with Crippen LogP contribution in [0.2, 0.25) is 0 Å². The van der Waals surface area contributed by atoms with Crippen molar-refractivity contribution in [2.75, 3.05) is 33.3 Å². The van der Waals surface area contributed by atoms with Crippen molar-refractivity contribution in [2.24, 2.45) is 0 Å². The van der Waals surface area contributed by atoms with Gasteiger partial charge >= 0.3 is 0 Å². The normalized spacial score (nSPS) is 20.8. The molecule has 4 nitrogen and oxygen atoms in total. The van der Waals surface area contributed by atoms with Crippen LogP contribution in [-0.2, 0) is 4.79 Å². The Bertz CT molecular complexity index is 394. The zero-order chi connectivity index (χ0) is 13.0. The van der Waals surface area contributed by atoms with Gasteiger partial charge in [-0.2, -0.15) is 0 Å². The first-order chi connectivity index (χ1) is 8.66. The summed E-state index contributed by atoms with van der Waals surface area (Å²) in [5.41, 5.74) is 0. The molecule has 1 aromatic rings. The van der Waals surface area contributed by atoms with Crippen molar-refractivity contribution in [3.63, 3.8) is 0 Å². The third-order valence-electron chi connectivity index (χ3n) is 3.26. The van der Waals surface area contributed by atoms with E-state index in [4.69, 9.17) is 4.74 Å². The molecule has 0 bridgehead atoms. The van der Waals surface area contributed by atoms with Gasteiger partial charge in [-0.3, -0.25) is 4.79 Å². The molecule has 1 aliphatic heterocycles. The lowest BCUT2D eigenvalue weighted by atomic mass is 10.2. The zero-order valence-electron chi connectivity index (χ0n) is 11.0. The number of rotatable bonds is 3. The minimum atomic E-state index is 0.0689. The van der Waals surface area contributed by atoms with Gasteiger partial charge in [0, 0.05) is 25.7 Å². The summed E-state index contributed by atoms with van der Waals surface area (Å²) in [6.45, 7) is 4.85. The Balaban J connectivity index is 1.85. The minimum absolute atomic E-state index is 0.0689. The van der Waals surface area contributed by atoms with Crippen molar-refractivity contribution >= 4 is 5.91 Å². The number of carbonyl (C=O) groups is 1. The van der Waals surface area contributed by atoms with Gasteiger partial charge < -0.3 is 14.5 Å². The van der Waals surface area contributed by atoms with Gasteiger partial charge in [-0.25, -0.2) is 0 Å². The summed E-state index contributed by atoms with van der Waals surface area (Å²) >= 11 is 0. The highest BCUT2D eigenvalue weighted by atomic mass is 16.5. The molecule has 1 atom stereocenters. The van der Waals surface area contributed by atoms with E-state index in [0.29, 0.717) is 0 Å². The van der Waals surface area contributed by atoms with Crippen LogP contribution in [0.25, 0.3) is 0 Å². The largest absolute Gasteiger partial charge is 0.484 e. The fourth-order valence-electron chi connectivity index (χ4n) is 2.25. The third-order valence-corrected chi connectivity index (χ3v) is 3.26. The van der Waals surface area contributed by atoms with E-state index in [1.165, 1.54) is 0 Å². The maximum absolute atomic E-state index is 12.1. The fourth-order valence-corrected chi connectivity index (χ4v) is 2.25. The second-order valence-corrected chi connectivity index (χ2v) is 4.80. The zero-order valence-corrected chi connectivity index (χ0v) is 11.0. The van der Waals surface area contributed by atoms with E-state index < -0.39 is 0 Å². The van der Waals surface area contributed by atoms with Crippen molar-refractivity contribution in [1.82, 2.24) is 9.80 Å². The molecule has 1 aromatic carbocycles. The lowest BCUT2D eigenvalue weighted by Crippen LogP contribution is -2.53. The topological polar surface area (TPSA) is 32.8 Å². The number of hydrogen-bond donors (Lipinski definition) is 0. The van der Waals surface area contributed by atoms with E-state index in [0.717, 1.165) is 25.4 Å². The number of benzene rings is 1. The van der Waals surface area contributed by atoms with Crippen LogP contribution >= 0.6 is 0 Å². The van der Waals surface area contributed by atoms with Gasteiger partial charge in [-0.05, 0) is 26.1 Å². The summed E-state index contributed by atoms with van der Waals surface area (Å²) in [5, 5.41) is 0. The summed E-state index contributed by atoms with van der Waals surface area (Å²) in [6, 6.07) is 9.71. The number of nitrogens with zero attached hydrogens (tertiary/aromatic N) is 2. The van der Waals surface area contributed by atoms with Gasteiger partial charge in [-0.1, -0.05) is 18.2 Å². The van der Waals surface area contributed by atoms with E-state index in [-0.39, 0.29) is 18.6 Å². The molecule has 18 heavy (non-hydrogen) atoms. The lowest BCUT2D eigenvalue weighted by molar-refractivity contribution is -0.137. The minimum Gasteiger partial charge on any atom is -0.484 e. The molecular formula is C14H20N2O2. The average molecular weight is 248 g/mol. The van der Waals surface area contributed by atoms with Gasteiger partial charge in [0.25, 0.3) is 5.91 Å². The Morgan fingerprint density at radius 2 is 2.06 bits per heavy atom. The first-order valence-electron chi connectivity index (χ1n) is 6.32. The van der Waals surface area contributed by atoms with E-state index in [1.54, 1.807) is 0 Å². The van der Waals surface area contributed by atoms with E-state index in [1.807, 2.05) is 35.2 Å². The smallest absolute Gasteiger partial charge is 0.260 e. The van der Waals surface area contributed by atoms with Crippen LogP contribution < -0.4 is 4.74 Å². The summed E-state index contributed by atoms with van der Waals surface area (Å²) in [6.07, 6.45) is 0. The molecular weight excluding hydrogens is 228 g/mol. The third kappa shape index (κ3) is 3.23. The molecule has 2 rings (SSSR count). The molecule has 4 heteroatoms. The number of carbonyl (C=O) groups excluding carboxylic acids is 1. The molecule has 0 aliphatic carbocycles. The summed E-state index contributed by atoms with van der Waals surface area (Å²) < 4.78 is 5.49. The van der Waals surface area contributed by atoms with Crippen molar-refractivity contribution in [3.05, 3.63) is 30.3 Å². The van der Waals surface area contributed by atoms with Gasteiger partial charge in [-0.15, -0.1) is 0 Å². The van der Waals surface area contributed by atoms with Crippen LogP contribution in [-0.4, -0.2) is 55.0 Å². The Morgan fingerprint density at radius 1 is 1.33 bits per heavy atom. The molecule has 0 saturated carbocycles. The summed E-state index contributed by atoms with van der Waals surface area (Å²) in [4.78, 5) is 16.2. The number of ether oxygens (including phenoxy) is 1. The molecule has 1 aliphatic rings. The predicted octanol–water partition coefficient (Wildman–Crippen LogP) is 1.23. The van der Waals surface area contributed by atoms with Gasteiger partial charge in [0.05, 0.1) is 0 Å². The Kier molecular flexibility index (Phi) is 4.20. The summed E-state index contributed by atoms with van der Waals surface area (Å²) in [5.74, 6) is 0.812. The number of para-hydroxylation sites is 1. The molecule has 0 radical (unpaired) electrons. The number of hydrogen-bond acceptors (Lipinski definition) is 3. The summed E-state index contributed by atoms with van der Waals surface area (Å²) in [7, 11) is 2.08. The Morgan fingerprint density at radius 3 is 2.72 bits per heavy atom. The highest BCUT2D eigenvalue weighted by Gasteiger charge is 2.25. The monoisotopic (exact) mass is 248 g/mol. The van der Waals surface area contributed by atoms with E-state index in [9.17, 15) is 4.79 Å². The Hall–Kier alpha value is -1.55. The molecule has 1 saturated heterocycles. The molecule has 98 valence electrons. The second kappa shape index (κ2) is 5.87. The quantitative estimate of drug-likeness (QED) is 0.806. The Labute approximate surface area is 108 Å². The molecule has 1 heterocycles. The maximum Gasteiger partial charge on any atom is 0.260 e. The molecule has 0 spiro atoms. The standard InChI is InChI=1S/C14H20N2O2/c1-12-10-15(2)8-9-16(12)14(17)11-18-13-6-4-3-5-7-13/h3-7,12H,8-11H2,1-2H3. The highest BCUT2D eigenvalue weighted by Crippen LogP contribution is 2.11. The molecule has 1 unspecified atom stereocenters. The lowest BCUT2D eigenvalue weighted by Gasteiger charge is -2.38. The van der Waals surface area contributed by atoms with Crippen molar-refractivity contribution < 1.29 is 9.53 Å². The fraction of sp³-hybridized carbons (Fsp3) is 0.500. The van der Waals surface area contributed by atoms with Gasteiger partial charge in [0.15, 0.2) is 6.61 Å². The molecule has 0 aromatic heterocycles. The number of likely N-dealkylation sites (N-methyl/N-ethyl adjacent to an activating group) is 1. The molecule has 1 amide bonds.